The zero-order valence-corrected chi connectivity index (χ0v) is 9.35. The number of hydrogen-bond donors (Lipinski definition) is 3. The third-order valence-corrected chi connectivity index (χ3v) is 2.23. The lowest BCUT2D eigenvalue weighted by Crippen LogP contribution is -2.13. The molecule has 1 aromatic carbocycles. The Kier molecular flexibility index (Phi) is 3.09. The lowest BCUT2D eigenvalue weighted by atomic mass is 10.1. The van der Waals surface area contributed by atoms with Gasteiger partial charge in [0, 0.05) is 16.9 Å². The molecular weight excluding hydrogens is 235 g/mol. The molecule has 0 saturated heterocycles. The van der Waals surface area contributed by atoms with Crippen LogP contribution in [0.25, 0.3) is 0 Å². The fraction of sp³-hybridized carbons (Fsp3) is 0. The molecule has 0 saturated carbocycles. The molecule has 0 aliphatic rings. The second kappa shape index (κ2) is 4.70. The van der Waals surface area contributed by atoms with Crippen molar-refractivity contribution in [3.63, 3.8) is 0 Å². The highest BCUT2D eigenvalue weighted by atomic mass is 19.1. The van der Waals surface area contributed by atoms with Gasteiger partial charge in [-0.15, -0.1) is 0 Å². The Morgan fingerprint density at radius 1 is 1.17 bits per heavy atom. The summed E-state index contributed by atoms with van der Waals surface area (Å²) in [5, 5.41) is 2.56. The maximum absolute atomic E-state index is 12.6. The number of hydrogen-bond acceptors (Lipinski definition) is 4. The van der Waals surface area contributed by atoms with E-state index < -0.39 is 5.95 Å². The first-order chi connectivity index (χ1) is 8.54. The van der Waals surface area contributed by atoms with Crippen molar-refractivity contribution < 1.29 is 9.18 Å². The molecule has 1 heterocycles. The van der Waals surface area contributed by atoms with Crippen LogP contribution in [0.3, 0.4) is 0 Å². The number of pyridine rings is 1. The van der Waals surface area contributed by atoms with Gasteiger partial charge in [-0.05, 0) is 30.3 Å². The van der Waals surface area contributed by atoms with Crippen molar-refractivity contribution in [2.45, 2.75) is 0 Å². The summed E-state index contributed by atoms with van der Waals surface area (Å²) < 4.78 is 12.6. The van der Waals surface area contributed by atoms with E-state index in [1.54, 1.807) is 6.07 Å². The Hall–Kier alpha value is -2.63. The monoisotopic (exact) mass is 246 g/mol. The lowest BCUT2D eigenvalue weighted by molar-refractivity contribution is 0.102. The summed E-state index contributed by atoms with van der Waals surface area (Å²) >= 11 is 0. The van der Waals surface area contributed by atoms with Crippen molar-refractivity contribution in [2.75, 3.05) is 16.8 Å². The minimum Gasteiger partial charge on any atom is -0.399 e. The van der Waals surface area contributed by atoms with Gasteiger partial charge in [-0.25, -0.2) is 4.98 Å². The maximum atomic E-state index is 12.6. The van der Waals surface area contributed by atoms with Gasteiger partial charge in [0.05, 0.1) is 11.9 Å². The molecule has 0 radical (unpaired) electrons. The number of carbonyl (C=O) groups is 1. The molecule has 2 aromatic rings. The number of amides is 1. The van der Waals surface area contributed by atoms with E-state index >= 15 is 0 Å². The number of aromatic nitrogens is 1. The summed E-state index contributed by atoms with van der Waals surface area (Å²) in [5.74, 6) is -0.997. The van der Waals surface area contributed by atoms with Crippen LogP contribution in [0.4, 0.5) is 21.5 Å². The highest BCUT2D eigenvalue weighted by Gasteiger charge is 2.08. The number of nitrogens with two attached hydrogens (primary N) is 2. The third-order valence-electron chi connectivity index (χ3n) is 2.23. The summed E-state index contributed by atoms with van der Waals surface area (Å²) in [5.41, 5.74) is 12.7. The molecule has 2 rings (SSSR count). The second-order valence-corrected chi connectivity index (χ2v) is 3.71. The summed E-state index contributed by atoms with van der Waals surface area (Å²) in [4.78, 5) is 15.3. The van der Waals surface area contributed by atoms with Crippen molar-refractivity contribution in [3.8, 4) is 0 Å². The highest BCUT2D eigenvalue weighted by molar-refractivity contribution is 6.05. The van der Waals surface area contributed by atoms with E-state index in [0.29, 0.717) is 22.6 Å². The third kappa shape index (κ3) is 2.73. The number of halogens is 1. The van der Waals surface area contributed by atoms with E-state index in [0.717, 1.165) is 6.07 Å². The molecule has 92 valence electrons. The minimum absolute atomic E-state index is 0.330. The Morgan fingerprint density at radius 2 is 1.83 bits per heavy atom. The van der Waals surface area contributed by atoms with Crippen LogP contribution in [0, 0.1) is 5.95 Å². The van der Waals surface area contributed by atoms with Gasteiger partial charge in [0.15, 0.2) is 0 Å². The fourth-order valence-corrected chi connectivity index (χ4v) is 1.46. The molecule has 0 aliphatic heterocycles. The van der Waals surface area contributed by atoms with Crippen LogP contribution in [0.2, 0.25) is 0 Å². The van der Waals surface area contributed by atoms with E-state index in [1.807, 2.05) is 0 Å². The van der Waals surface area contributed by atoms with Crippen LogP contribution < -0.4 is 16.8 Å². The molecular formula is C12H11FN4O. The molecule has 0 aliphatic carbocycles. The predicted molar refractivity (Wildman–Crippen MR) is 67.4 cm³/mol. The van der Waals surface area contributed by atoms with Crippen molar-refractivity contribution in [1.82, 2.24) is 4.98 Å². The minimum atomic E-state index is -0.610. The average Bonchev–Trinajstić information content (AvgIpc) is 2.31. The number of nitrogens with one attached hydrogen (secondary N) is 1. The van der Waals surface area contributed by atoms with Gasteiger partial charge in [-0.3, -0.25) is 4.79 Å². The molecule has 1 amide bonds. The van der Waals surface area contributed by atoms with Crippen LogP contribution in [-0.4, -0.2) is 10.9 Å². The zero-order valence-electron chi connectivity index (χ0n) is 9.35. The number of nitrogens with zero attached hydrogens (tertiary/aromatic N) is 1. The molecule has 0 spiro atoms. The van der Waals surface area contributed by atoms with Crippen molar-refractivity contribution in [3.05, 3.63) is 48.0 Å². The summed E-state index contributed by atoms with van der Waals surface area (Å²) in [7, 11) is 0. The second-order valence-electron chi connectivity index (χ2n) is 3.71. The molecule has 1 aromatic heterocycles. The first-order valence-electron chi connectivity index (χ1n) is 5.13. The van der Waals surface area contributed by atoms with E-state index in [2.05, 4.69) is 10.3 Å². The Balaban J connectivity index is 2.19. The zero-order chi connectivity index (χ0) is 13.1. The first-order valence-corrected chi connectivity index (χ1v) is 5.13. The van der Waals surface area contributed by atoms with Gasteiger partial charge in [0.1, 0.15) is 0 Å². The molecule has 18 heavy (non-hydrogen) atoms. The standard InChI is InChI=1S/C12H11FN4O/c13-11-2-1-10(6-16-11)17-12(18)7-3-8(14)5-9(15)4-7/h1-6H,14-15H2,(H,17,18). The number of benzene rings is 1. The molecule has 0 unspecified atom stereocenters. The van der Waals surface area contributed by atoms with Crippen LogP contribution in [0.1, 0.15) is 10.4 Å². The molecule has 5 nitrogen and oxygen atoms in total. The van der Waals surface area contributed by atoms with Gasteiger partial charge < -0.3 is 16.8 Å². The summed E-state index contributed by atoms with van der Waals surface area (Å²) in [6.07, 6.45) is 1.23. The quantitative estimate of drug-likeness (QED) is 0.554. The van der Waals surface area contributed by atoms with Crippen LogP contribution >= 0.6 is 0 Å². The first kappa shape index (κ1) is 11.8. The molecule has 6 heteroatoms. The number of carbonyl (C=O) groups excluding carboxylic acids is 1. The van der Waals surface area contributed by atoms with E-state index in [9.17, 15) is 9.18 Å². The van der Waals surface area contributed by atoms with Gasteiger partial charge in [0.2, 0.25) is 5.95 Å². The Labute approximate surface area is 103 Å². The lowest BCUT2D eigenvalue weighted by Gasteiger charge is -2.06. The van der Waals surface area contributed by atoms with Gasteiger partial charge >= 0.3 is 0 Å². The van der Waals surface area contributed by atoms with Crippen molar-refractivity contribution >= 4 is 23.0 Å². The summed E-state index contributed by atoms with van der Waals surface area (Å²) in [6, 6.07) is 7.13. The summed E-state index contributed by atoms with van der Waals surface area (Å²) in [6.45, 7) is 0. The Morgan fingerprint density at radius 3 is 2.39 bits per heavy atom. The number of rotatable bonds is 2. The Bertz CT molecular complexity index is 563. The topological polar surface area (TPSA) is 94.0 Å². The normalized spacial score (nSPS) is 10.1. The fourth-order valence-electron chi connectivity index (χ4n) is 1.46. The number of nitrogen functional groups attached to an aromatic ring is 2. The van der Waals surface area contributed by atoms with Gasteiger partial charge in [-0.1, -0.05) is 0 Å². The van der Waals surface area contributed by atoms with E-state index in [1.165, 1.54) is 24.4 Å². The van der Waals surface area contributed by atoms with Gasteiger partial charge in [-0.2, -0.15) is 4.39 Å². The van der Waals surface area contributed by atoms with Gasteiger partial charge in [0.25, 0.3) is 5.91 Å². The average molecular weight is 246 g/mol. The van der Waals surface area contributed by atoms with E-state index in [-0.39, 0.29) is 5.91 Å². The largest absolute Gasteiger partial charge is 0.399 e. The van der Waals surface area contributed by atoms with Crippen molar-refractivity contribution in [1.29, 1.82) is 0 Å². The smallest absolute Gasteiger partial charge is 0.255 e. The molecule has 0 bridgehead atoms. The van der Waals surface area contributed by atoms with Crippen LogP contribution in [0.5, 0.6) is 0 Å². The highest BCUT2D eigenvalue weighted by Crippen LogP contribution is 2.15. The molecule has 0 fully saturated rings. The van der Waals surface area contributed by atoms with Crippen LogP contribution in [-0.2, 0) is 0 Å². The van der Waals surface area contributed by atoms with Crippen LogP contribution in [0.15, 0.2) is 36.5 Å². The molecule has 0 atom stereocenters. The van der Waals surface area contributed by atoms with E-state index in [4.69, 9.17) is 11.5 Å². The SMILES string of the molecule is Nc1cc(N)cc(C(=O)Nc2ccc(F)nc2)c1. The predicted octanol–water partition coefficient (Wildman–Crippen LogP) is 1.64. The maximum Gasteiger partial charge on any atom is 0.255 e. The van der Waals surface area contributed by atoms with Crippen molar-refractivity contribution in [2.24, 2.45) is 0 Å². The molecule has 5 N–H and O–H groups in total. The number of anilines is 3.